The molecule has 1 saturated heterocycles. The molecule has 2 aliphatic heterocycles. The molecule has 0 spiro atoms. The van der Waals surface area contributed by atoms with Crippen molar-refractivity contribution >= 4 is 40.6 Å². The van der Waals surface area contributed by atoms with E-state index in [2.05, 4.69) is 25.7 Å². The van der Waals surface area contributed by atoms with E-state index in [0.29, 0.717) is 33.5 Å². The third-order valence-electron chi connectivity index (χ3n) is 6.10. The Morgan fingerprint density at radius 3 is 2.77 bits per heavy atom. The second-order valence-electron chi connectivity index (χ2n) is 8.55. The zero-order valence-electron chi connectivity index (χ0n) is 19.1. The number of hydrogen-bond donors (Lipinski definition) is 2. The number of fused-ring (bicyclic) bond motifs is 1. The SMILES string of the molecule is Cc1nn(C2CCNCC2)cc1Nc1ncc(C(F)(F)F)c(-c2cc3c(s2)C(=O)N(C)CCS3)n1. The number of hydrogen-bond acceptors (Lipinski definition) is 8. The van der Waals surface area contributed by atoms with Crippen molar-refractivity contribution in [3.63, 3.8) is 0 Å². The number of nitrogens with one attached hydrogen (secondary N) is 2. The van der Waals surface area contributed by atoms with Crippen molar-refractivity contribution in [1.29, 1.82) is 0 Å². The number of alkyl halides is 3. The summed E-state index contributed by atoms with van der Waals surface area (Å²) in [6.45, 7) is 4.25. The molecule has 2 N–H and O–H groups in total. The molecule has 0 saturated carbocycles. The highest BCUT2D eigenvalue weighted by molar-refractivity contribution is 7.99. The van der Waals surface area contributed by atoms with Crippen LogP contribution < -0.4 is 10.6 Å². The van der Waals surface area contributed by atoms with Crippen LogP contribution in [-0.2, 0) is 6.18 Å². The Labute approximate surface area is 208 Å². The van der Waals surface area contributed by atoms with E-state index < -0.39 is 11.7 Å². The molecule has 35 heavy (non-hydrogen) atoms. The van der Waals surface area contributed by atoms with Gasteiger partial charge in [-0.1, -0.05) is 0 Å². The van der Waals surface area contributed by atoms with E-state index in [1.807, 2.05) is 17.8 Å². The van der Waals surface area contributed by atoms with Crippen LogP contribution in [0.25, 0.3) is 10.6 Å². The molecule has 0 atom stereocenters. The number of aromatic nitrogens is 4. The first-order valence-corrected chi connectivity index (χ1v) is 13.0. The van der Waals surface area contributed by atoms with E-state index in [0.717, 1.165) is 43.5 Å². The number of carbonyl (C=O) groups excluding carboxylic acids is 1. The fraction of sp³-hybridized carbons (Fsp3) is 0.455. The van der Waals surface area contributed by atoms with Crippen molar-refractivity contribution in [2.45, 2.75) is 36.9 Å². The van der Waals surface area contributed by atoms with Gasteiger partial charge in [0.05, 0.1) is 28.0 Å². The predicted octanol–water partition coefficient (Wildman–Crippen LogP) is 4.57. The first-order valence-electron chi connectivity index (χ1n) is 11.2. The van der Waals surface area contributed by atoms with Crippen molar-refractivity contribution < 1.29 is 18.0 Å². The second kappa shape index (κ2) is 9.43. The van der Waals surface area contributed by atoms with Crippen molar-refractivity contribution in [3.8, 4) is 10.6 Å². The van der Waals surface area contributed by atoms with Gasteiger partial charge in [0.25, 0.3) is 5.91 Å². The summed E-state index contributed by atoms with van der Waals surface area (Å²) in [4.78, 5) is 23.9. The van der Waals surface area contributed by atoms with Gasteiger partial charge in [0.1, 0.15) is 10.4 Å². The lowest BCUT2D eigenvalue weighted by Gasteiger charge is -2.22. The molecule has 0 aliphatic carbocycles. The molecule has 1 fully saturated rings. The van der Waals surface area contributed by atoms with Gasteiger partial charge < -0.3 is 15.5 Å². The molecule has 5 heterocycles. The lowest BCUT2D eigenvalue weighted by Crippen LogP contribution is -2.29. The minimum absolute atomic E-state index is 0.0423. The predicted molar refractivity (Wildman–Crippen MR) is 129 cm³/mol. The van der Waals surface area contributed by atoms with Gasteiger partial charge in [-0.3, -0.25) is 9.48 Å². The number of rotatable bonds is 4. The van der Waals surface area contributed by atoms with Crippen molar-refractivity contribution in [2.75, 3.05) is 37.8 Å². The maximum absolute atomic E-state index is 13.9. The molecule has 3 aromatic heterocycles. The molecule has 5 rings (SSSR count). The van der Waals surface area contributed by atoms with Crippen LogP contribution in [0.4, 0.5) is 24.8 Å². The van der Waals surface area contributed by atoms with Crippen LogP contribution in [0.2, 0.25) is 0 Å². The van der Waals surface area contributed by atoms with Gasteiger partial charge in [0, 0.05) is 36.6 Å². The summed E-state index contributed by atoms with van der Waals surface area (Å²) in [5.74, 6) is 0.526. The number of piperidine rings is 1. The van der Waals surface area contributed by atoms with Crippen molar-refractivity contribution in [1.82, 2.24) is 30.0 Å². The number of halogens is 3. The number of thioether (sulfide) groups is 1. The second-order valence-corrected chi connectivity index (χ2v) is 10.7. The third-order valence-corrected chi connectivity index (χ3v) is 8.38. The summed E-state index contributed by atoms with van der Waals surface area (Å²) in [7, 11) is 1.69. The van der Waals surface area contributed by atoms with Gasteiger partial charge in [-0.2, -0.15) is 18.3 Å². The van der Waals surface area contributed by atoms with Crippen LogP contribution in [0.5, 0.6) is 0 Å². The number of aryl methyl sites for hydroxylation is 1. The number of amides is 1. The maximum Gasteiger partial charge on any atom is 0.420 e. The normalized spacial score (nSPS) is 17.4. The average molecular weight is 524 g/mol. The van der Waals surface area contributed by atoms with Crippen LogP contribution >= 0.6 is 23.1 Å². The summed E-state index contributed by atoms with van der Waals surface area (Å²) in [6, 6.07) is 1.90. The fourth-order valence-electron chi connectivity index (χ4n) is 4.14. The molecule has 0 radical (unpaired) electrons. The summed E-state index contributed by atoms with van der Waals surface area (Å²) in [6.07, 6.45) is -0.0837. The summed E-state index contributed by atoms with van der Waals surface area (Å²) < 4.78 is 43.5. The smallest absolute Gasteiger partial charge is 0.340 e. The molecule has 0 unspecified atom stereocenters. The quantitative estimate of drug-likeness (QED) is 0.518. The third kappa shape index (κ3) is 4.89. The van der Waals surface area contributed by atoms with Gasteiger partial charge in [-0.25, -0.2) is 9.97 Å². The Balaban J connectivity index is 1.50. The number of thiophene rings is 1. The monoisotopic (exact) mass is 523 g/mol. The highest BCUT2D eigenvalue weighted by Gasteiger charge is 2.37. The molecule has 0 aromatic carbocycles. The Morgan fingerprint density at radius 1 is 1.26 bits per heavy atom. The zero-order chi connectivity index (χ0) is 24.7. The Hall–Kier alpha value is -2.64. The van der Waals surface area contributed by atoms with E-state index in [1.165, 1.54) is 11.8 Å². The molecular weight excluding hydrogens is 499 g/mol. The molecule has 3 aromatic rings. The van der Waals surface area contributed by atoms with Gasteiger partial charge in [-0.05, 0) is 38.9 Å². The Kier molecular flexibility index (Phi) is 6.49. The Morgan fingerprint density at radius 2 is 2.03 bits per heavy atom. The summed E-state index contributed by atoms with van der Waals surface area (Å²) >= 11 is 2.50. The van der Waals surface area contributed by atoms with Gasteiger partial charge in [-0.15, -0.1) is 23.1 Å². The van der Waals surface area contributed by atoms with E-state index in [-0.39, 0.29) is 28.5 Å². The van der Waals surface area contributed by atoms with Crippen LogP contribution in [0, 0.1) is 6.92 Å². The van der Waals surface area contributed by atoms with Gasteiger partial charge in [0.2, 0.25) is 5.95 Å². The standard InChI is InChI=1S/C22H24F3N7OS2/c1-12-15(11-32(30-12)13-3-5-26-6-4-13)28-21-27-10-14(22(23,24)25)18(29-21)16-9-17-19(35-16)20(33)31(2)7-8-34-17/h9-11,13,26H,3-8H2,1-2H3,(H,27,28,29). The van der Waals surface area contributed by atoms with Crippen LogP contribution in [0.1, 0.15) is 39.8 Å². The zero-order valence-corrected chi connectivity index (χ0v) is 20.8. The molecule has 8 nitrogen and oxygen atoms in total. The minimum atomic E-state index is -4.64. The molecule has 1 amide bonds. The molecule has 186 valence electrons. The van der Waals surface area contributed by atoms with Gasteiger partial charge in [0.15, 0.2) is 0 Å². The first-order chi connectivity index (χ1) is 16.7. The topological polar surface area (TPSA) is 88.0 Å². The largest absolute Gasteiger partial charge is 0.420 e. The maximum atomic E-state index is 13.9. The molecular formula is C22H24F3N7OS2. The lowest BCUT2D eigenvalue weighted by atomic mass is 10.1. The van der Waals surface area contributed by atoms with Crippen LogP contribution in [0.15, 0.2) is 23.4 Å². The van der Waals surface area contributed by atoms with E-state index in [9.17, 15) is 18.0 Å². The van der Waals surface area contributed by atoms with Crippen LogP contribution in [-0.4, -0.2) is 63.0 Å². The Bertz CT molecular complexity index is 1250. The molecule has 2 aliphatic rings. The highest BCUT2D eigenvalue weighted by Crippen LogP contribution is 2.43. The van der Waals surface area contributed by atoms with Crippen LogP contribution in [0.3, 0.4) is 0 Å². The highest BCUT2D eigenvalue weighted by atomic mass is 32.2. The average Bonchev–Trinajstić information content (AvgIpc) is 3.38. The van der Waals surface area contributed by atoms with E-state index >= 15 is 0 Å². The minimum Gasteiger partial charge on any atom is -0.340 e. The number of anilines is 2. The molecule has 13 heteroatoms. The van der Waals surface area contributed by atoms with Crippen molar-refractivity contribution in [2.24, 2.45) is 0 Å². The van der Waals surface area contributed by atoms with Gasteiger partial charge >= 0.3 is 6.18 Å². The fourth-order valence-corrected chi connectivity index (χ4v) is 6.57. The first kappa shape index (κ1) is 24.1. The summed E-state index contributed by atoms with van der Waals surface area (Å²) in [5, 5.41) is 10.9. The number of carbonyl (C=O) groups is 1. The van der Waals surface area contributed by atoms with Crippen molar-refractivity contribution in [3.05, 3.63) is 34.6 Å². The molecule has 0 bridgehead atoms. The lowest BCUT2D eigenvalue weighted by molar-refractivity contribution is -0.137. The van der Waals surface area contributed by atoms with E-state index in [4.69, 9.17) is 0 Å². The number of nitrogens with zero attached hydrogens (tertiary/aromatic N) is 5. The summed E-state index contributed by atoms with van der Waals surface area (Å²) in [5.41, 5.74) is 0.171. The van der Waals surface area contributed by atoms with E-state index in [1.54, 1.807) is 18.0 Å².